The van der Waals surface area contributed by atoms with Crippen molar-refractivity contribution in [3.8, 4) is 11.5 Å². The SMILES string of the molecule is Cc1ccc(N(CC(=O)Nc2cc3c(cc2Cl)OCCO3)C(C)C)cc1. The largest absolute Gasteiger partial charge is 0.486 e. The first-order valence-corrected chi connectivity index (χ1v) is 9.04. The van der Waals surface area contributed by atoms with Crippen molar-refractivity contribution in [1.82, 2.24) is 0 Å². The normalized spacial score (nSPS) is 12.8. The van der Waals surface area contributed by atoms with E-state index in [4.69, 9.17) is 21.1 Å². The van der Waals surface area contributed by atoms with Gasteiger partial charge in [-0.3, -0.25) is 4.79 Å². The van der Waals surface area contributed by atoms with Crippen LogP contribution in [0.3, 0.4) is 0 Å². The smallest absolute Gasteiger partial charge is 0.243 e. The third-order valence-corrected chi connectivity index (χ3v) is 4.52. The number of carbonyl (C=O) groups excluding carboxylic acids is 1. The number of nitrogens with zero attached hydrogens (tertiary/aromatic N) is 1. The van der Waals surface area contributed by atoms with Crippen LogP contribution in [0.5, 0.6) is 11.5 Å². The van der Waals surface area contributed by atoms with E-state index in [9.17, 15) is 4.79 Å². The van der Waals surface area contributed by atoms with Crippen LogP contribution < -0.4 is 19.7 Å². The Bertz CT molecular complexity index is 790. The average Bonchev–Trinajstić information content (AvgIpc) is 2.61. The second-order valence-corrected chi connectivity index (χ2v) is 6.99. The Hall–Kier alpha value is -2.40. The van der Waals surface area contributed by atoms with Crippen molar-refractivity contribution in [1.29, 1.82) is 0 Å². The molecule has 2 aromatic rings. The van der Waals surface area contributed by atoms with Gasteiger partial charge in [0, 0.05) is 23.9 Å². The lowest BCUT2D eigenvalue weighted by molar-refractivity contribution is -0.115. The van der Waals surface area contributed by atoms with Crippen molar-refractivity contribution >= 4 is 28.9 Å². The van der Waals surface area contributed by atoms with Gasteiger partial charge in [-0.2, -0.15) is 0 Å². The van der Waals surface area contributed by atoms with E-state index in [1.165, 1.54) is 5.56 Å². The number of anilines is 2. The molecule has 0 saturated carbocycles. The van der Waals surface area contributed by atoms with Gasteiger partial charge in [-0.15, -0.1) is 0 Å². The summed E-state index contributed by atoms with van der Waals surface area (Å²) < 4.78 is 11.1. The highest BCUT2D eigenvalue weighted by atomic mass is 35.5. The second-order valence-electron chi connectivity index (χ2n) is 6.58. The third-order valence-electron chi connectivity index (χ3n) is 4.21. The minimum absolute atomic E-state index is 0.141. The summed E-state index contributed by atoms with van der Waals surface area (Å²) in [5.41, 5.74) is 2.72. The Balaban J connectivity index is 1.73. The van der Waals surface area contributed by atoms with Gasteiger partial charge < -0.3 is 19.7 Å². The van der Waals surface area contributed by atoms with Crippen molar-refractivity contribution in [2.24, 2.45) is 0 Å². The Morgan fingerprint density at radius 2 is 1.77 bits per heavy atom. The van der Waals surface area contributed by atoms with E-state index < -0.39 is 0 Å². The van der Waals surface area contributed by atoms with Crippen molar-refractivity contribution < 1.29 is 14.3 Å². The minimum Gasteiger partial charge on any atom is -0.486 e. The van der Waals surface area contributed by atoms with E-state index >= 15 is 0 Å². The summed E-state index contributed by atoms with van der Waals surface area (Å²) in [6.07, 6.45) is 0. The Kier molecular flexibility index (Phi) is 5.57. The maximum Gasteiger partial charge on any atom is 0.243 e. The van der Waals surface area contributed by atoms with Crippen LogP contribution in [0.25, 0.3) is 0 Å². The van der Waals surface area contributed by atoms with Gasteiger partial charge in [0.1, 0.15) is 13.2 Å². The van der Waals surface area contributed by atoms with E-state index in [2.05, 4.69) is 19.2 Å². The monoisotopic (exact) mass is 374 g/mol. The minimum atomic E-state index is -0.141. The number of fused-ring (bicyclic) bond motifs is 1. The van der Waals surface area contributed by atoms with Crippen molar-refractivity contribution in [2.75, 3.05) is 30.0 Å². The molecule has 1 heterocycles. The molecule has 0 aromatic heterocycles. The van der Waals surface area contributed by atoms with E-state index in [0.717, 1.165) is 5.69 Å². The van der Waals surface area contributed by atoms with Crippen molar-refractivity contribution in [2.45, 2.75) is 26.8 Å². The van der Waals surface area contributed by atoms with E-state index in [0.29, 0.717) is 35.4 Å². The number of halogens is 1. The first kappa shape index (κ1) is 18.4. The fourth-order valence-electron chi connectivity index (χ4n) is 2.81. The quantitative estimate of drug-likeness (QED) is 0.849. The maximum absolute atomic E-state index is 12.6. The molecule has 2 aromatic carbocycles. The molecule has 0 bridgehead atoms. The van der Waals surface area contributed by atoms with Crippen molar-refractivity contribution in [3.63, 3.8) is 0 Å². The highest BCUT2D eigenvalue weighted by Crippen LogP contribution is 2.38. The Labute approximate surface area is 158 Å². The molecule has 138 valence electrons. The molecule has 1 aliphatic rings. The molecule has 26 heavy (non-hydrogen) atoms. The van der Waals surface area contributed by atoms with Crippen LogP contribution in [0, 0.1) is 6.92 Å². The number of hydrogen-bond donors (Lipinski definition) is 1. The topological polar surface area (TPSA) is 50.8 Å². The van der Waals surface area contributed by atoms with Gasteiger partial charge in [-0.1, -0.05) is 29.3 Å². The molecular weight excluding hydrogens is 352 g/mol. The highest BCUT2D eigenvalue weighted by Gasteiger charge is 2.19. The van der Waals surface area contributed by atoms with Crippen LogP contribution >= 0.6 is 11.6 Å². The van der Waals surface area contributed by atoms with E-state index in [1.54, 1.807) is 12.1 Å². The number of benzene rings is 2. The fourth-order valence-corrected chi connectivity index (χ4v) is 3.01. The highest BCUT2D eigenvalue weighted by molar-refractivity contribution is 6.34. The Morgan fingerprint density at radius 3 is 2.38 bits per heavy atom. The zero-order valence-corrected chi connectivity index (χ0v) is 16.0. The summed E-state index contributed by atoms with van der Waals surface area (Å²) in [5, 5.41) is 3.30. The molecule has 5 nitrogen and oxygen atoms in total. The summed E-state index contributed by atoms with van der Waals surface area (Å²) in [5.74, 6) is 1.05. The molecule has 0 aliphatic carbocycles. The van der Waals surface area contributed by atoms with Gasteiger partial charge in [-0.05, 0) is 32.9 Å². The first-order valence-electron chi connectivity index (χ1n) is 8.66. The zero-order chi connectivity index (χ0) is 18.7. The predicted octanol–water partition coefficient (Wildman–Crippen LogP) is 4.27. The molecule has 3 rings (SSSR count). The van der Waals surface area contributed by atoms with Gasteiger partial charge >= 0.3 is 0 Å². The fraction of sp³-hybridized carbons (Fsp3) is 0.350. The molecule has 0 unspecified atom stereocenters. The third kappa shape index (κ3) is 4.22. The first-order chi connectivity index (χ1) is 12.4. The van der Waals surface area contributed by atoms with Crippen LogP contribution in [-0.4, -0.2) is 31.7 Å². The molecule has 0 radical (unpaired) electrons. The van der Waals surface area contributed by atoms with E-state index in [1.807, 2.05) is 36.1 Å². The average molecular weight is 375 g/mol. The molecule has 1 aliphatic heterocycles. The van der Waals surface area contributed by atoms with Crippen LogP contribution in [0.15, 0.2) is 36.4 Å². The molecule has 1 N–H and O–H groups in total. The van der Waals surface area contributed by atoms with Gasteiger partial charge in [0.15, 0.2) is 11.5 Å². The van der Waals surface area contributed by atoms with Gasteiger partial charge in [-0.25, -0.2) is 0 Å². The molecule has 0 spiro atoms. The second kappa shape index (κ2) is 7.87. The zero-order valence-electron chi connectivity index (χ0n) is 15.2. The standard InChI is InChI=1S/C20H23ClN2O3/c1-13(2)23(15-6-4-14(3)5-7-15)12-20(24)22-17-11-19-18(10-16(17)21)25-8-9-26-19/h4-7,10-11,13H,8-9,12H2,1-3H3,(H,22,24). The van der Waals surface area contributed by atoms with Gasteiger partial charge in [0.2, 0.25) is 5.91 Å². The van der Waals surface area contributed by atoms with Crippen LogP contribution in [0.2, 0.25) is 5.02 Å². The lowest BCUT2D eigenvalue weighted by Gasteiger charge is -2.28. The van der Waals surface area contributed by atoms with Crippen LogP contribution in [0.4, 0.5) is 11.4 Å². The molecule has 0 atom stereocenters. The van der Waals surface area contributed by atoms with Crippen LogP contribution in [-0.2, 0) is 4.79 Å². The number of hydrogen-bond acceptors (Lipinski definition) is 4. The number of ether oxygens (including phenoxy) is 2. The molecule has 1 amide bonds. The predicted molar refractivity (Wildman–Crippen MR) is 105 cm³/mol. The number of carbonyl (C=O) groups is 1. The number of rotatable bonds is 5. The van der Waals surface area contributed by atoms with Gasteiger partial charge in [0.25, 0.3) is 0 Å². The lowest BCUT2D eigenvalue weighted by Crippen LogP contribution is -2.38. The summed E-state index contributed by atoms with van der Waals surface area (Å²) in [4.78, 5) is 14.6. The lowest BCUT2D eigenvalue weighted by atomic mass is 10.2. The van der Waals surface area contributed by atoms with Crippen LogP contribution in [0.1, 0.15) is 19.4 Å². The van der Waals surface area contributed by atoms with E-state index in [-0.39, 0.29) is 18.5 Å². The Morgan fingerprint density at radius 1 is 1.15 bits per heavy atom. The summed E-state index contributed by atoms with van der Waals surface area (Å²) in [7, 11) is 0. The number of nitrogens with one attached hydrogen (secondary N) is 1. The number of amides is 1. The maximum atomic E-state index is 12.6. The number of aryl methyl sites for hydroxylation is 1. The summed E-state index contributed by atoms with van der Waals surface area (Å²) >= 11 is 6.27. The van der Waals surface area contributed by atoms with Crippen molar-refractivity contribution in [3.05, 3.63) is 47.0 Å². The van der Waals surface area contributed by atoms with Gasteiger partial charge in [0.05, 0.1) is 17.3 Å². The summed E-state index contributed by atoms with van der Waals surface area (Å²) in [6, 6.07) is 11.7. The summed E-state index contributed by atoms with van der Waals surface area (Å²) in [6.45, 7) is 7.37. The molecular formula is C20H23ClN2O3. The molecule has 6 heteroatoms. The molecule has 0 fully saturated rings. The molecule has 0 saturated heterocycles.